The fraction of sp³-hybridized carbons (Fsp3) is 0.667. The lowest BCUT2D eigenvalue weighted by Crippen LogP contribution is -2.52. The summed E-state index contributed by atoms with van der Waals surface area (Å²) in [6.45, 7) is 0. The maximum Gasteiger partial charge on any atom is 0.330 e. The van der Waals surface area contributed by atoms with Gasteiger partial charge < -0.3 is 10.5 Å². The first-order chi connectivity index (χ1) is 9.06. The molecular weight excluding hydrogens is 246 g/mol. The lowest BCUT2D eigenvalue weighted by atomic mass is 9.89. The largest absolute Gasteiger partial charge is 0.710 e. The van der Waals surface area contributed by atoms with E-state index in [2.05, 4.69) is 10.4 Å². The molecule has 1 saturated carbocycles. The summed E-state index contributed by atoms with van der Waals surface area (Å²) in [5, 5.41) is 26.7. The zero-order chi connectivity index (χ0) is 14.0. The van der Waals surface area contributed by atoms with Gasteiger partial charge in [0.05, 0.1) is 18.1 Å². The van der Waals surface area contributed by atoms with Crippen molar-refractivity contribution in [3.63, 3.8) is 0 Å². The lowest BCUT2D eigenvalue weighted by molar-refractivity contribution is -0.624. The van der Waals surface area contributed by atoms with Crippen LogP contribution in [0.4, 0.5) is 0 Å². The van der Waals surface area contributed by atoms with Gasteiger partial charge in [0.1, 0.15) is 0 Å². The summed E-state index contributed by atoms with van der Waals surface area (Å²) >= 11 is 0. The van der Waals surface area contributed by atoms with Crippen LogP contribution in [0.25, 0.3) is 0 Å². The van der Waals surface area contributed by atoms with Crippen LogP contribution in [0.15, 0.2) is 0 Å². The smallest absolute Gasteiger partial charge is 0.330 e. The molecule has 1 fully saturated rings. The number of hydrogen-bond acceptors (Lipinski definition) is 4. The average Bonchev–Trinajstić information content (AvgIpc) is 2.43. The number of aryl methyl sites for hydroxylation is 1. The lowest BCUT2D eigenvalue weighted by Gasteiger charge is -2.21. The number of carbonyl (C=O) groups excluding carboxylic acids is 1. The van der Waals surface area contributed by atoms with Crippen LogP contribution in [0.3, 0.4) is 0 Å². The zero-order valence-corrected chi connectivity index (χ0v) is 11.3. The Labute approximate surface area is 111 Å². The van der Waals surface area contributed by atoms with Crippen molar-refractivity contribution in [3.05, 3.63) is 22.2 Å². The van der Waals surface area contributed by atoms with E-state index in [4.69, 9.17) is 5.41 Å². The van der Waals surface area contributed by atoms with E-state index in [1.807, 2.05) is 0 Å². The Morgan fingerprint density at radius 1 is 1.47 bits per heavy atom. The molecule has 0 aromatic carbocycles. The molecule has 1 amide bonds. The van der Waals surface area contributed by atoms with Crippen molar-refractivity contribution in [2.75, 3.05) is 7.05 Å². The van der Waals surface area contributed by atoms with Crippen molar-refractivity contribution in [1.82, 2.24) is 15.1 Å². The third-order valence-corrected chi connectivity index (χ3v) is 3.62. The van der Waals surface area contributed by atoms with Gasteiger partial charge in [0.25, 0.3) is 5.91 Å². The van der Waals surface area contributed by atoms with Crippen LogP contribution in [-0.2, 0) is 7.05 Å². The van der Waals surface area contributed by atoms with E-state index in [-0.39, 0.29) is 17.1 Å². The molecule has 0 aliphatic heterocycles. The van der Waals surface area contributed by atoms with Gasteiger partial charge >= 0.3 is 5.82 Å². The van der Waals surface area contributed by atoms with Gasteiger partial charge in [-0.1, -0.05) is 19.3 Å². The van der Waals surface area contributed by atoms with E-state index in [1.165, 1.54) is 18.2 Å². The summed E-state index contributed by atoms with van der Waals surface area (Å²) in [6, 6.07) is 0. The van der Waals surface area contributed by atoms with Crippen LogP contribution in [0.5, 0.6) is 0 Å². The summed E-state index contributed by atoms with van der Waals surface area (Å²) in [6.07, 6.45) is 5.17. The highest BCUT2D eigenvalue weighted by atomic mass is 16.5. The standard InChI is InChI=1S/C12H19N5O2/c1-14-12(18)9-10(13)16(2)15-11(17(9)19)8-6-4-3-5-7-8/h8,13H,3-7H2,1-2H3,(H,14,18). The van der Waals surface area contributed by atoms with Gasteiger partial charge in [-0.15, -0.1) is 0 Å². The predicted octanol–water partition coefficient (Wildman–Crippen LogP) is -0.0597. The Morgan fingerprint density at radius 3 is 2.68 bits per heavy atom. The second-order valence-electron chi connectivity index (χ2n) is 4.89. The van der Waals surface area contributed by atoms with E-state index in [0.29, 0.717) is 10.6 Å². The Morgan fingerprint density at radius 2 is 2.11 bits per heavy atom. The molecule has 104 valence electrons. The van der Waals surface area contributed by atoms with E-state index in [9.17, 15) is 10.0 Å². The molecule has 7 heteroatoms. The van der Waals surface area contributed by atoms with Crippen molar-refractivity contribution < 1.29 is 9.52 Å². The normalized spacial score (nSPS) is 16.3. The molecule has 1 aromatic heterocycles. The summed E-state index contributed by atoms with van der Waals surface area (Å²) < 4.78 is 1.83. The van der Waals surface area contributed by atoms with E-state index >= 15 is 0 Å². The predicted molar refractivity (Wildman–Crippen MR) is 67.2 cm³/mol. The van der Waals surface area contributed by atoms with Crippen LogP contribution < -0.4 is 15.5 Å². The fourth-order valence-corrected chi connectivity index (χ4v) is 2.53. The number of hydrogen-bond donors (Lipinski definition) is 2. The number of aromatic nitrogens is 3. The summed E-state index contributed by atoms with van der Waals surface area (Å²) in [5.74, 6) is -0.103. The minimum atomic E-state index is -0.546. The highest BCUT2D eigenvalue weighted by Crippen LogP contribution is 2.29. The van der Waals surface area contributed by atoms with Crippen molar-refractivity contribution in [2.45, 2.75) is 38.0 Å². The molecule has 1 heterocycles. The summed E-state index contributed by atoms with van der Waals surface area (Å²) in [5.41, 5.74) is -0.352. The molecule has 0 atom stereocenters. The first-order valence-corrected chi connectivity index (χ1v) is 6.53. The molecule has 19 heavy (non-hydrogen) atoms. The third-order valence-electron chi connectivity index (χ3n) is 3.62. The molecule has 1 aliphatic rings. The van der Waals surface area contributed by atoms with Gasteiger partial charge in [0.2, 0.25) is 11.2 Å². The Bertz CT molecular complexity index is 546. The highest BCUT2D eigenvalue weighted by Gasteiger charge is 2.29. The number of nitrogens with one attached hydrogen (secondary N) is 2. The maximum atomic E-state index is 12.3. The van der Waals surface area contributed by atoms with Gasteiger partial charge in [0, 0.05) is 7.05 Å². The number of amides is 1. The van der Waals surface area contributed by atoms with Crippen LogP contribution in [0.1, 0.15) is 54.3 Å². The summed E-state index contributed by atoms with van der Waals surface area (Å²) in [7, 11) is 3.03. The average molecular weight is 265 g/mol. The van der Waals surface area contributed by atoms with Gasteiger partial charge in [-0.25, -0.2) is 4.73 Å². The van der Waals surface area contributed by atoms with E-state index in [1.54, 1.807) is 7.05 Å². The minimum Gasteiger partial charge on any atom is -0.710 e. The molecule has 7 nitrogen and oxygen atoms in total. The van der Waals surface area contributed by atoms with Crippen molar-refractivity contribution in [1.29, 1.82) is 5.41 Å². The van der Waals surface area contributed by atoms with Gasteiger partial charge in [-0.05, 0) is 12.8 Å². The van der Waals surface area contributed by atoms with Crippen LogP contribution in [0.2, 0.25) is 0 Å². The van der Waals surface area contributed by atoms with Gasteiger partial charge in [0.15, 0.2) is 0 Å². The van der Waals surface area contributed by atoms with Gasteiger partial charge in [-0.2, -0.15) is 4.68 Å². The second-order valence-corrected chi connectivity index (χ2v) is 4.89. The Balaban J connectivity index is 2.53. The molecule has 2 N–H and O–H groups in total. The maximum absolute atomic E-state index is 12.3. The van der Waals surface area contributed by atoms with E-state index in [0.717, 1.165) is 25.7 Å². The van der Waals surface area contributed by atoms with Gasteiger partial charge in [-0.3, -0.25) is 10.2 Å². The Kier molecular flexibility index (Phi) is 3.82. The molecule has 2 rings (SSSR count). The molecule has 0 spiro atoms. The fourth-order valence-electron chi connectivity index (χ4n) is 2.53. The number of rotatable bonds is 2. The number of nitrogens with zero attached hydrogens (tertiary/aromatic N) is 3. The molecule has 0 unspecified atom stereocenters. The Hall–Kier alpha value is -1.92. The highest BCUT2D eigenvalue weighted by molar-refractivity contribution is 5.90. The molecule has 1 aromatic rings. The van der Waals surface area contributed by atoms with Crippen molar-refractivity contribution >= 4 is 5.91 Å². The van der Waals surface area contributed by atoms with Crippen molar-refractivity contribution in [3.8, 4) is 0 Å². The summed E-state index contributed by atoms with van der Waals surface area (Å²) in [4.78, 5) is 11.7. The minimum absolute atomic E-state index is 0.0847. The van der Waals surface area contributed by atoms with Crippen molar-refractivity contribution in [2.24, 2.45) is 7.05 Å². The van der Waals surface area contributed by atoms with Crippen LogP contribution in [-0.4, -0.2) is 22.7 Å². The topological polar surface area (TPSA) is 97.7 Å². The van der Waals surface area contributed by atoms with E-state index < -0.39 is 5.91 Å². The molecule has 0 radical (unpaired) electrons. The quantitative estimate of drug-likeness (QED) is 0.579. The van der Waals surface area contributed by atoms with Crippen LogP contribution >= 0.6 is 0 Å². The van der Waals surface area contributed by atoms with Crippen LogP contribution in [0, 0.1) is 10.6 Å². The molecule has 0 bridgehead atoms. The molecule has 0 saturated heterocycles. The zero-order valence-electron chi connectivity index (χ0n) is 11.3. The SMILES string of the molecule is CNC(=O)c1c(=N)n(C)nc(C2CCCCC2)[n+]1[O-]. The number of carbonyl (C=O) groups is 1. The molecular formula is C12H19N5O2. The first-order valence-electron chi connectivity index (χ1n) is 6.53. The monoisotopic (exact) mass is 265 g/mol. The first kappa shape index (κ1) is 13.5. The molecule has 1 aliphatic carbocycles. The third kappa shape index (κ3) is 2.45. The second kappa shape index (κ2) is 5.38.